The van der Waals surface area contributed by atoms with Gasteiger partial charge in [0.1, 0.15) is 5.82 Å². The van der Waals surface area contributed by atoms with Crippen LogP contribution in [0.2, 0.25) is 0 Å². The molecule has 3 rings (SSSR count). The van der Waals surface area contributed by atoms with E-state index in [9.17, 15) is 0 Å². The number of nitrogens with two attached hydrogens (primary N) is 1. The fourth-order valence-corrected chi connectivity index (χ4v) is 1.93. The molecule has 0 spiro atoms. The van der Waals surface area contributed by atoms with Crippen LogP contribution in [0.5, 0.6) is 0 Å². The minimum Gasteiger partial charge on any atom is -0.423 e. The van der Waals surface area contributed by atoms with Crippen molar-refractivity contribution in [3.05, 3.63) is 48.5 Å². The molecular formula is C14H12N4O. The zero-order valence-corrected chi connectivity index (χ0v) is 10.4. The lowest BCUT2D eigenvalue weighted by atomic mass is 9.99. The molecule has 0 bridgehead atoms. The highest BCUT2D eigenvalue weighted by Crippen LogP contribution is 2.28. The second kappa shape index (κ2) is 4.53. The lowest BCUT2D eigenvalue weighted by Gasteiger charge is -2.07. The van der Waals surface area contributed by atoms with Gasteiger partial charge in [0, 0.05) is 17.3 Å². The van der Waals surface area contributed by atoms with Gasteiger partial charge in [-0.05, 0) is 42.3 Å². The molecule has 0 aliphatic heterocycles. The first-order chi connectivity index (χ1) is 9.24. The summed E-state index contributed by atoms with van der Waals surface area (Å²) < 4.78 is 5.21. The van der Waals surface area contributed by atoms with Crippen LogP contribution in [-0.2, 0) is 0 Å². The Labute approximate surface area is 110 Å². The standard InChI is InChI=1S/C14H12N4O/c1-9-2-3-10(14-18-17-8-19-14)6-12(9)11-4-5-13(15)16-7-11/h2-8H,1H3,(H2,15,16). The summed E-state index contributed by atoms with van der Waals surface area (Å²) in [5.41, 5.74) is 9.72. The molecule has 5 heteroatoms. The molecule has 2 heterocycles. The first-order valence-corrected chi connectivity index (χ1v) is 5.83. The van der Waals surface area contributed by atoms with Crippen molar-refractivity contribution in [3.63, 3.8) is 0 Å². The number of aryl methyl sites for hydroxylation is 1. The molecule has 0 fully saturated rings. The van der Waals surface area contributed by atoms with E-state index in [4.69, 9.17) is 10.2 Å². The molecule has 2 aromatic heterocycles. The highest BCUT2D eigenvalue weighted by Gasteiger charge is 2.08. The molecule has 5 nitrogen and oxygen atoms in total. The topological polar surface area (TPSA) is 77.8 Å². The van der Waals surface area contributed by atoms with Gasteiger partial charge in [-0.15, -0.1) is 10.2 Å². The molecule has 1 aromatic carbocycles. The summed E-state index contributed by atoms with van der Waals surface area (Å²) in [7, 11) is 0. The summed E-state index contributed by atoms with van der Waals surface area (Å²) in [6, 6.07) is 9.72. The van der Waals surface area contributed by atoms with Gasteiger partial charge in [0.25, 0.3) is 0 Å². The third-order valence-electron chi connectivity index (χ3n) is 2.94. The molecule has 0 atom stereocenters. The molecule has 0 unspecified atom stereocenters. The molecule has 2 N–H and O–H groups in total. The smallest absolute Gasteiger partial charge is 0.247 e. The van der Waals surface area contributed by atoms with Crippen LogP contribution in [0.25, 0.3) is 22.6 Å². The summed E-state index contributed by atoms with van der Waals surface area (Å²) in [6.07, 6.45) is 3.08. The molecule has 3 aromatic rings. The van der Waals surface area contributed by atoms with Gasteiger partial charge < -0.3 is 10.2 Å². The predicted octanol–water partition coefficient (Wildman–Crippen LogP) is 2.69. The Kier molecular flexibility index (Phi) is 2.72. The lowest BCUT2D eigenvalue weighted by Crippen LogP contribution is -1.91. The van der Waals surface area contributed by atoms with Crippen LogP contribution in [-0.4, -0.2) is 15.2 Å². The van der Waals surface area contributed by atoms with Gasteiger partial charge in [0.2, 0.25) is 12.3 Å². The molecule has 0 saturated carbocycles. The van der Waals surface area contributed by atoms with Gasteiger partial charge in [-0.1, -0.05) is 6.07 Å². The van der Waals surface area contributed by atoms with Crippen molar-refractivity contribution in [2.45, 2.75) is 6.92 Å². The van der Waals surface area contributed by atoms with Gasteiger partial charge in [-0.3, -0.25) is 0 Å². The molecule has 0 aliphatic rings. The maximum atomic E-state index is 5.61. The van der Waals surface area contributed by atoms with Crippen molar-refractivity contribution in [1.82, 2.24) is 15.2 Å². The van der Waals surface area contributed by atoms with Crippen LogP contribution in [0.15, 0.2) is 47.3 Å². The number of nitrogens with zero attached hydrogens (tertiary/aromatic N) is 3. The Morgan fingerprint density at radius 1 is 1.11 bits per heavy atom. The molecule has 0 amide bonds. The van der Waals surface area contributed by atoms with Crippen LogP contribution in [0.4, 0.5) is 5.82 Å². The van der Waals surface area contributed by atoms with Crippen LogP contribution < -0.4 is 5.73 Å². The zero-order chi connectivity index (χ0) is 13.2. The monoisotopic (exact) mass is 252 g/mol. The van der Waals surface area contributed by atoms with Gasteiger partial charge in [-0.2, -0.15) is 0 Å². The molecular weight excluding hydrogens is 240 g/mol. The second-order valence-electron chi connectivity index (χ2n) is 4.25. The van der Waals surface area contributed by atoms with Gasteiger partial charge >= 0.3 is 0 Å². The summed E-state index contributed by atoms with van der Waals surface area (Å²) >= 11 is 0. The van der Waals surface area contributed by atoms with Crippen molar-refractivity contribution in [1.29, 1.82) is 0 Å². The number of anilines is 1. The number of aromatic nitrogens is 3. The second-order valence-corrected chi connectivity index (χ2v) is 4.25. The van der Waals surface area contributed by atoms with E-state index in [1.165, 1.54) is 6.39 Å². The lowest BCUT2D eigenvalue weighted by molar-refractivity contribution is 0.568. The predicted molar refractivity (Wildman–Crippen MR) is 72.1 cm³/mol. The fourth-order valence-electron chi connectivity index (χ4n) is 1.93. The molecule has 0 aliphatic carbocycles. The Morgan fingerprint density at radius 3 is 2.63 bits per heavy atom. The van der Waals surface area contributed by atoms with Crippen molar-refractivity contribution in [2.24, 2.45) is 0 Å². The number of nitrogen functional groups attached to an aromatic ring is 1. The van der Waals surface area contributed by atoms with E-state index in [0.29, 0.717) is 11.7 Å². The number of hydrogen-bond acceptors (Lipinski definition) is 5. The highest BCUT2D eigenvalue weighted by atomic mass is 16.4. The largest absolute Gasteiger partial charge is 0.423 e. The average molecular weight is 252 g/mol. The van der Waals surface area contributed by atoms with Crippen molar-refractivity contribution < 1.29 is 4.42 Å². The summed E-state index contributed by atoms with van der Waals surface area (Å²) in [5.74, 6) is 1.01. The van der Waals surface area contributed by atoms with E-state index < -0.39 is 0 Å². The van der Waals surface area contributed by atoms with Crippen LogP contribution in [0, 0.1) is 6.92 Å². The third kappa shape index (κ3) is 2.18. The normalized spacial score (nSPS) is 10.6. The van der Waals surface area contributed by atoms with Crippen LogP contribution in [0.1, 0.15) is 5.56 Å². The highest BCUT2D eigenvalue weighted by molar-refractivity contribution is 5.72. The zero-order valence-electron chi connectivity index (χ0n) is 10.4. The fraction of sp³-hybridized carbons (Fsp3) is 0.0714. The maximum absolute atomic E-state index is 5.61. The van der Waals surface area contributed by atoms with Crippen LogP contribution >= 0.6 is 0 Å². The number of hydrogen-bond donors (Lipinski definition) is 1. The van der Waals surface area contributed by atoms with Crippen molar-refractivity contribution >= 4 is 5.82 Å². The van der Waals surface area contributed by atoms with Gasteiger partial charge in [0.05, 0.1) is 0 Å². The Bertz CT molecular complexity index is 690. The minimum atomic E-state index is 0.504. The number of benzene rings is 1. The SMILES string of the molecule is Cc1ccc(-c2nnco2)cc1-c1ccc(N)nc1. The minimum absolute atomic E-state index is 0.504. The summed E-state index contributed by atoms with van der Waals surface area (Å²) in [5, 5.41) is 7.60. The first kappa shape index (κ1) is 11.4. The number of rotatable bonds is 2. The van der Waals surface area contributed by atoms with Gasteiger partial charge in [-0.25, -0.2) is 4.98 Å². The third-order valence-corrected chi connectivity index (χ3v) is 2.94. The van der Waals surface area contributed by atoms with Crippen LogP contribution in [0.3, 0.4) is 0 Å². The van der Waals surface area contributed by atoms with Crippen molar-refractivity contribution in [3.8, 4) is 22.6 Å². The van der Waals surface area contributed by atoms with E-state index in [-0.39, 0.29) is 0 Å². The molecule has 0 radical (unpaired) electrons. The van der Waals surface area contributed by atoms with E-state index in [0.717, 1.165) is 22.3 Å². The number of pyridine rings is 1. The first-order valence-electron chi connectivity index (χ1n) is 5.83. The molecule has 94 valence electrons. The Hall–Kier alpha value is -2.69. The Morgan fingerprint density at radius 2 is 1.95 bits per heavy atom. The quantitative estimate of drug-likeness (QED) is 0.758. The maximum Gasteiger partial charge on any atom is 0.247 e. The average Bonchev–Trinajstić information content (AvgIpc) is 2.94. The van der Waals surface area contributed by atoms with E-state index in [2.05, 4.69) is 15.2 Å². The molecule has 19 heavy (non-hydrogen) atoms. The van der Waals surface area contributed by atoms with E-state index in [1.54, 1.807) is 12.3 Å². The molecule has 0 saturated heterocycles. The summed E-state index contributed by atoms with van der Waals surface area (Å²) in [6.45, 7) is 2.04. The van der Waals surface area contributed by atoms with Crippen molar-refractivity contribution in [2.75, 3.05) is 5.73 Å². The van der Waals surface area contributed by atoms with Gasteiger partial charge in [0.15, 0.2) is 0 Å². The summed E-state index contributed by atoms with van der Waals surface area (Å²) in [4.78, 5) is 4.12. The van der Waals surface area contributed by atoms with E-state index in [1.807, 2.05) is 31.2 Å². The van der Waals surface area contributed by atoms with E-state index >= 15 is 0 Å². The Balaban J connectivity index is 2.10.